The third-order valence-electron chi connectivity index (χ3n) is 3.57. The van der Waals surface area contributed by atoms with Crippen molar-refractivity contribution in [3.8, 4) is 17.3 Å². The van der Waals surface area contributed by atoms with Crippen LogP contribution in [0.4, 0.5) is 13.2 Å². The zero-order chi connectivity index (χ0) is 15.9. The van der Waals surface area contributed by atoms with Gasteiger partial charge >= 0.3 is 6.18 Å². The summed E-state index contributed by atoms with van der Waals surface area (Å²) < 4.78 is 40.1. The van der Waals surface area contributed by atoms with E-state index < -0.39 is 11.7 Å². The highest BCUT2D eigenvalue weighted by atomic mass is 19.4. The van der Waals surface area contributed by atoms with E-state index in [0.717, 1.165) is 23.3 Å². The van der Waals surface area contributed by atoms with E-state index in [1.165, 1.54) is 6.20 Å². The first-order chi connectivity index (χ1) is 10.4. The maximum atomic E-state index is 12.8. The van der Waals surface area contributed by atoms with Crippen LogP contribution in [-0.4, -0.2) is 4.40 Å². The van der Waals surface area contributed by atoms with Gasteiger partial charge in [-0.3, -0.25) is 0 Å². The average Bonchev–Trinajstić information content (AvgIpc) is 2.85. The third-order valence-corrected chi connectivity index (χ3v) is 3.57. The minimum Gasteiger partial charge on any atom is -0.315 e. The molecule has 2 heterocycles. The maximum Gasteiger partial charge on any atom is 0.416 e. The summed E-state index contributed by atoms with van der Waals surface area (Å²) in [5.74, 6) is 0. The Morgan fingerprint density at radius 1 is 1.05 bits per heavy atom. The molecule has 0 aliphatic carbocycles. The topological polar surface area (TPSA) is 28.2 Å². The van der Waals surface area contributed by atoms with Crippen molar-refractivity contribution in [1.82, 2.24) is 4.40 Å². The quantitative estimate of drug-likeness (QED) is 0.634. The standard InChI is InChI=1S/C17H11F3N2/c1-11-2-4-12(5-3-11)15-8-13(10-21)16-9-14(17(18,19)20)6-7-22(15)16/h2-9H,1H3. The van der Waals surface area contributed by atoms with Crippen molar-refractivity contribution < 1.29 is 13.2 Å². The lowest BCUT2D eigenvalue weighted by molar-refractivity contribution is -0.137. The molecule has 0 spiro atoms. The number of benzene rings is 1. The van der Waals surface area contributed by atoms with Crippen molar-refractivity contribution in [2.24, 2.45) is 0 Å². The van der Waals surface area contributed by atoms with Crippen LogP contribution in [0, 0.1) is 18.3 Å². The first-order valence-electron chi connectivity index (χ1n) is 6.59. The summed E-state index contributed by atoms with van der Waals surface area (Å²) in [6.45, 7) is 1.95. The van der Waals surface area contributed by atoms with Gasteiger partial charge in [0.25, 0.3) is 0 Å². The number of aromatic nitrogens is 1. The Hall–Kier alpha value is -2.74. The van der Waals surface area contributed by atoms with Crippen LogP contribution in [0.25, 0.3) is 16.8 Å². The second-order valence-corrected chi connectivity index (χ2v) is 5.09. The number of rotatable bonds is 1. The van der Waals surface area contributed by atoms with Crippen LogP contribution in [0.1, 0.15) is 16.7 Å². The summed E-state index contributed by atoms with van der Waals surface area (Å²) >= 11 is 0. The van der Waals surface area contributed by atoms with Crippen LogP contribution in [0.5, 0.6) is 0 Å². The number of fused-ring (bicyclic) bond motifs is 1. The molecule has 0 unspecified atom stereocenters. The lowest BCUT2D eigenvalue weighted by Crippen LogP contribution is -2.05. The van der Waals surface area contributed by atoms with Gasteiger partial charge in [0.1, 0.15) is 6.07 Å². The maximum absolute atomic E-state index is 12.8. The highest BCUT2D eigenvalue weighted by molar-refractivity contribution is 5.74. The van der Waals surface area contributed by atoms with Gasteiger partial charge < -0.3 is 4.40 Å². The van der Waals surface area contributed by atoms with Gasteiger partial charge in [0, 0.05) is 6.20 Å². The van der Waals surface area contributed by atoms with Crippen LogP contribution < -0.4 is 0 Å². The Morgan fingerprint density at radius 3 is 2.32 bits per heavy atom. The SMILES string of the molecule is Cc1ccc(-c2cc(C#N)c3cc(C(F)(F)F)ccn23)cc1. The Balaban J connectivity index is 2.26. The van der Waals surface area contributed by atoms with Gasteiger partial charge in [-0.2, -0.15) is 18.4 Å². The zero-order valence-electron chi connectivity index (χ0n) is 11.6. The zero-order valence-corrected chi connectivity index (χ0v) is 11.6. The summed E-state index contributed by atoms with van der Waals surface area (Å²) in [5, 5.41) is 9.19. The summed E-state index contributed by atoms with van der Waals surface area (Å²) in [5.41, 5.74) is 2.35. The second-order valence-electron chi connectivity index (χ2n) is 5.09. The molecule has 0 saturated carbocycles. The number of halogens is 3. The van der Waals surface area contributed by atoms with Gasteiger partial charge in [0.15, 0.2) is 0 Å². The lowest BCUT2D eigenvalue weighted by Gasteiger charge is -2.08. The molecule has 0 bridgehead atoms. The van der Waals surface area contributed by atoms with E-state index in [4.69, 9.17) is 0 Å². The molecular weight excluding hydrogens is 289 g/mol. The van der Waals surface area contributed by atoms with Gasteiger partial charge in [-0.25, -0.2) is 0 Å². The van der Waals surface area contributed by atoms with Crippen LogP contribution in [0.15, 0.2) is 48.7 Å². The van der Waals surface area contributed by atoms with E-state index in [1.54, 1.807) is 10.5 Å². The molecule has 110 valence electrons. The fourth-order valence-electron chi connectivity index (χ4n) is 2.41. The fourth-order valence-corrected chi connectivity index (χ4v) is 2.41. The molecule has 5 heteroatoms. The molecule has 0 radical (unpaired) electrons. The van der Waals surface area contributed by atoms with Crippen LogP contribution in [0.2, 0.25) is 0 Å². The normalized spacial score (nSPS) is 11.6. The van der Waals surface area contributed by atoms with Gasteiger partial charge in [-0.1, -0.05) is 29.8 Å². The summed E-state index contributed by atoms with van der Waals surface area (Å²) in [6, 6.07) is 13.2. The summed E-state index contributed by atoms with van der Waals surface area (Å²) in [4.78, 5) is 0. The minimum absolute atomic E-state index is 0.224. The number of hydrogen-bond donors (Lipinski definition) is 0. The predicted molar refractivity (Wildman–Crippen MR) is 77.3 cm³/mol. The van der Waals surface area contributed by atoms with E-state index in [2.05, 4.69) is 0 Å². The van der Waals surface area contributed by atoms with Crippen molar-refractivity contribution in [2.45, 2.75) is 13.1 Å². The Labute approximate surface area is 125 Å². The van der Waals surface area contributed by atoms with Crippen molar-refractivity contribution >= 4 is 5.52 Å². The lowest BCUT2D eigenvalue weighted by atomic mass is 10.1. The molecule has 0 aliphatic heterocycles. The number of nitriles is 1. The molecule has 0 N–H and O–H groups in total. The van der Waals surface area contributed by atoms with Crippen molar-refractivity contribution in [3.63, 3.8) is 0 Å². The van der Waals surface area contributed by atoms with Crippen molar-refractivity contribution in [3.05, 3.63) is 65.4 Å². The highest BCUT2D eigenvalue weighted by Crippen LogP contribution is 2.33. The Kier molecular flexibility index (Phi) is 3.18. The molecule has 0 amide bonds. The van der Waals surface area contributed by atoms with E-state index in [0.29, 0.717) is 5.69 Å². The predicted octanol–water partition coefficient (Wildman–Crippen LogP) is 4.81. The van der Waals surface area contributed by atoms with E-state index in [1.807, 2.05) is 37.3 Å². The van der Waals surface area contributed by atoms with Gasteiger partial charge in [0.2, 0.25) is 0 Å². The van der Waals surface area contributed by atoms with Gasteiger partial charge in [-0.05, 0) is 30.7 Å². The first-order valence-corrected chi connectivity index (χ1v) is 6.59. The molecule has 3 aromatic rings. The average molecular weight is 300 g/mol. The summed E-state index contributed by atoms with van der Waals surface area (Å²) in [6.07, 6.45) is -3.07. The van der Waals surface area contributed by atoms with Crippen LogP contribution in [0.3, 0.4) is 0 Å². The number of alkyl halides is 3. The van der Waals surface area contributed by atoms with E-state index >= 15 is 0 Å². The third kappa shape index (κ3) is 2.33. The van der Waals surface area contributed by atoms with Crippen molar-refractivity contribution in [2.75, 3.05) is 0 Å². The van der Waals surface area contributed by atoms with E-state index in [-0.39, 0.29) is 11.1 Å². The van der Waals surface area contributed by atoms with Crippen LogP contribution >= 0.6 is 0 Å². The van der Waals surface area contributed by atoms with E-state index in [9.17, 15) is 18.4 Å². The number of pyridine rings is 1. The smallest absolute Gasteiger partial charge is 0.315 e. The fraction of sp³-hybridized carbons (Fsp3) is 0.118. The molecule has 0 atom stereocenters. The molecule has 0 fully saturated rings. The Morgan fingerprint density at radius 2 is 1.73 bits per heavy atom. The largest absolute Gasteiger partial charge is 0.416 e. The molecule has 0 saturated heterocycles. The monoisotopic (exact) mass is 300 g/mol. The summed E-state index contributed by atoms with van der Waals surface area (Å²) in [7, 11) is 0. The number of hydrogen-bond acceptors (Lipinski definition) is 1. The highest BCUT2D eigenvalue weighted by Gasteiger charge is 2.31. The Bertz CT molecular complexity index is 881. The molecule has 1 aromatic carbocycles. The first kappa shape index (κ1) is 14.2. The molecule has 3 rings (SSSR count). The van der Waals surface area contributed by atoms with Gasteiger partial charge in [-0.15, -0.1) is 0 Å². The molecule has 22 heavy (non-hydrogen) atoms. The molecule has 2 aromatic heterocycles. The van der Waals surface area contributed by atoms with Gasteiger partial charge in [0.05, 0.1) is 22.3 Å². The molecule has 2 nitrogen and oxygen atoms in total. The second kappa shape index (κ2) is 4.92. The number of aryl methyl sites for hydroxylation is 1. The number of nitrogens with zero attached hydrogens (tertiary/aromatic N) is 2. The molecule has 0 aliphatic rings. The van der Waals surface area contributed by atoms with Crippen molar-refractivity contribution in [1.29, 1.82) is 5.26 Å². The molecular formula is C17H11F3N2. The van der Waals surface area contributed by atoms with Crippen LogP contribution in [-0.2, 0) is 6.18 Å². The minimum atomic E-state index is -4.43.